The zero-order chi connectivity index (χ0) is 34.6. The number of hydrogen-bond acceptors (Lipinski definition) is 7. The number of carboxylic acids is 1. The number of halogens is 9. The first-order valence-corrected chi connectivity index (χ1v) is 14.2. The van der Waals surface area contributed by atoms with Crippen LogP contribution in [0.25, 0.3) is 0 Å². The fourth-order valence-electron chi connectivity index (χ4n) is 5.06. The lowest BCUT2D eigenvalue weighted by molar-refractivity contribution is -0.143. The van der Waals surface area contributed by atoms with Crippen molar-refractivity contribution in [1.82, 2.24) is 9.97 Å². The second kappa shape index (κ2) is 14.2. The maximum absolute atomic E-state index is 13.8. The average molecular weight is 681 g/mol. The minimum atomic E-state index is -5.14. The highest BCUT2D eigenvalue weighted by molar-refractivity contribution is 5.66. The van der Waals surface area contributed by atoms with Gasteiger partial charge in [-0.15, -0.1) is 0 Å². The third-order valence-electron chi connectivity index (χ3n) is 7.18. The number of aliphatic carboxylic acids is 1. The molecule has 1 aromatic heterocycles. The van der Waals surface area contributed by atoms with Crippen molar-refractivity contribution >= 4 is 17.6 Å². The number of benzene rings is 2. The minimum absolute atomic E-state index is 0.0101. The molecule has 0 amide bonds. The van der Waals surface area contributed by atoms with E-state index < -0.39 is 65.4 Å². The van der Waals surface area contributed by atoms with E-state index in [2.05, 4.69) is 15.3 Å². The van der Waals surface area contributed by atoms with E-state index >= 15 is 0 Å². The number of nitrogens with zero attached hydrogens (tertiary/aromatic N) is 3. The largest absolute Gasteiger partial charge is 0.490 e. The normalized spacial score (nSPS) is 16.7. The van der Waals surface area contributed by atoms with Crippen LogP contribution in [-0.2, 0) is 34.6 Å². The highest BCUT2D eigenvalue weighted by atomic mass is 19.4. The molecule has 0 radical (unpaired) electrons. The number of aromatic nitrogens is 2. The number of alkyl halides is 9. The summed E-state index contributed by atoms with van der Waals surface area (Å²) in [7, 11) is 0. The van der Waals surface area contributed by atoms with E-state index in [9.17, 15) is 44.3 Å². The molecule has 8 nitrogen and oxygen atoms in total. The summed E-state index contributed by atoms with van der Waals surface area (Å²) in [6.45, 7) is 1.43. The van der Waals surface area contributed by atoms with Crippen molar-refractivity contribution in [3.63, 3.8) is 0 Å². The molecule has 2 heterocycles. The molecule has 256 valence electrons. The lowest BCUT2D eigenvalue weighted by Crippen LogP contribution is -2.40. The molecule has 1 aliphatic heterocycles. The number of rotatable bonds is 12. The van der Waals surface area contributed by atoms with Gasteiger partial charge in [0.15, 0.2) is 5.75 Å². The van der Waals surface area contributed by atoms with Gasteiger partial charge < -0.3 is 24.8 Å². The predicted molar refractivity (Wildman–Crippen MR) is 150 cm³/mol. The van der Waals surface area contributed by atoms with Gasteiger partial charge in [-0.3, -0.25) is 4.79 Å². The Labute approximate surface area is 262 Å². The van der Waals surface area contributed by atoms with Crippen LogP contribution in [0.5, 0.6) is 5.75 Å². The summed E-state index contributed by atoms with van der Waals surface area (Å²) in [5.74, 6) is -1.19. The van der Waals surface area contributed by atoms with Crippen LogP contribution in [0.4, 0.5) is 51.1 Å². The summed E-state index contributed by atoms with van der Waals surface area (Å²) >= 11 is 0. The van der Waals surface area contributed by atoms with Crippen molar-refractivity contribution in [3.05, 3.63) is 76.6 Å². The van der Waals surface area contributed by atoms with Crippen molar-refractivity contribution in [1.29, 1.82) is 0 Å². The number of nitrogens with one attached hydrogen (secondary N) is 1. The van der Waals surface area contributed by atoms with E-state index in [4.69, 9.17) is 14.6 Å². The molecule has 0 bridgehead atoms. The van der Waals surface area contributed by atoms with Crippen LogP contribution >= 0.6 is 0 Å². The summed E-state index contributed by atoms with van der Waals surface area (Å²) in [5, 5.41) is 11.9. The zero-order valence-electron chi connectivity index (χ0n) is 24.6. The van der Waals surface area contributed by atoms with Gasteiger partial charge in [-0.2, -0.15) is 39.5 Å². The van der Waals surface area contributed by atoms with Crippen molar-refractivity contribution in [2.75, 3.05) is 30.0 Å². The van der Waals surface area contributed by atoms with Crippen LogP contribution in [0.2, 0.25) is 0 Å². The van der Waals surface area contributed by atoms with E-state index in [1.54, 1.807) is 6.92 Å². The summed E-state index contributed by atoms with van der Waals surface area (Å²) in [6.07, 6.45) is -12.7. The van der Waals surface area contributed by atoms with Gasteiger partial charge >= 0.3 is 24.5 Å². The molecule has 3 aromatic rings. The summed E-state index contributed by atoms with van der Waals surface area (Å²) in [4.78, 5) is 20.4. The fraction of sp³-hybridized carbons (Fsp3) is 0.433. The van der Waals surface area contributed by atoms with Gasteiger partial charge in [0.1, 0.15) is 0 Å². The Morgan fingerprint density at radius 1 is 0.936 bits per heavy atom. The number of carboxylic acid groups (broad SMARTS) is 1. The fourth-order valence-corrected chi connectivity index (χ4v) is 5.06. The standard InChI is InChI=1S/C30H29F9N4O4/c1-2-46-16-21-12-25(23-11-18(28(31,32)33)5-6-24(23)42-21)43(27-40-13-22(14-41-27)47-7-3-4-26(44)45)15-17-8-19(29(34,35)36)10-20(9-17)30(37,38)39/h5-6,8-11,13-14,21,25,42H,2-4,7,12,15-16H2,1H3,(H,44,45)/t21-,25-/m0/s1. The third-order valence-corrected chi connectivity index (χ3v) is 7.18. The topological polar surface area (TPSA) is 96.8 Å². The highest BCUT2D eigenvalue weighted by Crippen LogP contribution is 2.43. The Bertz CT molecular complexity index is 1500. The Hall–Kier alpha value is -4.28. The van der Waals surface area contributed by atoms with E-state index in [1.807, 2.05) is 0 Å². The number of anilines is 2. The molecule has 0 unspecified atom stereocenters. The number of hydrogen-bond donors (Lipinski definition) is 2. The van der Waals surface area contributed by atoms with Gasteiger partial charge in [-0.25, -0.2) is 9.97 Å². The first kappa shape index (κ1) is 35.6. The molecule has 2 atom stereocenters. The molecule has 0 fully saturated rings. The smallest absolute Gasteiger partial charge is 0.416 e. The van der Waals surface area contributed by atoms with Crippen LogP contribution in [0.3, 0.4) is 0 Å². The molecular formula is C30H29F9N4O4. The average Bonchev–Trinajstić information content (AvgIpc) is 2.99. The Kier molecular flexibility index (Phi) is 10.8. The third kappa shape index (κ3) is 9.39. The van der Waals surface area contributed by atoms with E-state index in [0.29, 0.717) is 18.7 Å². The Morgan fingerprint density at radius 3 is 2.11 bits per heavy atom. The number of ether oxygens (including phenoxy) is 2. The van der Waals surface area contributed by atoms with Crippen LogP contribution in [0.1, 0.15) is 60.0 Å². The van der Waals surface area contributed by atoms with Crippen LogP contribution in [0, 0.1) is 0 Å². The number of carbonyl (C=O) groups is 1. The molecule has 0 saturated carbocycles. The first-order chi connectivity index (χ1) is 22.0. The molecule has 0 aliphatic carbocycles. The second-order valence-electron chi connectivity index (χ2n) is 10.7. The highest BCUT2D eigenvalue weighted by Gasteiger charge is 2.39. The van der Waals surface area contributed by atoms with Gasteiger partial charge in [0, 0.05) is 25.3 Å². The van der Waals surface area contributed by atoms with E-state index in [1.165, 1.54) is 11.0 Å². The molecule has 0 saturated heterocycles. The van der Waals surface area contributed by atoms with Crippen LogP contribution in [-0.4, -0.2) is 46.9 Å². The Morgan fingerprint density at radius 2 is 1.55 bits per heavy atom. The van der Waals surface area contributed by atoms with E-state index in [0.717, 1.165) is 24.5 Å². The second-order valence-corrected chi connectivity index (χ2v) is 10.7. The molecule has 4 rings (SSSR count). The summed E-state index contributed by atoms with van der Waals surface area (Å²) in [6, 6.07) is 2.37. The molecule has 17 heteroatoms. The molecule has 2 N–H and O–H groups in total. The summed E-state index contributed by atoms with van der Waals surface area (Å²) < 4.78 is 135. The van der Waals surface area contributed by atoms with Crippen molar-refractivity contribution in [2.45, 2.75) is 63.3 Å². The van der Waals surface area contributed by atoms with Gasteiger partial charge in [0.05, 0.1) is 54.4 Å². The maximum Gasteiger partial charge on any atom is 0.416 e. The van der Waals surface area contributed by atoms with Crippen LogP contribution in [0.15, 0.2) is 48.8 Å². The van der Waals surface area contributed by atoms with Crippen molar-refractivity contribution < 1.29 is 58.9 Å². The quantitative estimate of drug-likeness (QED) is 0.148. The first-order valence-electron chi connectivity index (χ1n) is 14.2. The molecule has 1 aliphatic rings. The van der Waals surface area contributed by atoms with Gasteiger partial charge in [-0.05, 0) is 67.3 Å². The molecule has 47 heavy (non-hydrogen) atoms. The molecule has 0 spiro atoms. The molecule has 2 aromatic carbocycles. The van der Waals surface area contributed by atoms with Gasteiger partial charge in [0.2, 0.25) is 5.95 Å². The lowest BCUT2D eigenvalue weighted by Gasteiger charge is -2.40. The molecular weight excluding hydrogens is 651 g/mol. The van der Waals surface area contributed by atoms with E-state index in [-0.39, 0.29) is 61.5 Å². The van der Waals surface area contributed by atoms with Gasteiger partial charge in [0.25, 0.3) is 0 Å². The van der Waals surface area contributed by atoms with Gasteiger partial charge in [-0.1, -0.05) is 0 Å². The predicted octanol–water partition coefficient (Wildman–Crippen LogP) is 7.75. The van der Waals surface area contributed by atoms with Crippen molar-refractivity contribution in [3.8, 4) is 5.75 Å². The van der Waals surface area contributed by atoms with Crippen molar-refractivity contribution in [2.24, 2.45) is 0 Å². The van der Waals surface area contributed by atoms with Crippen LogP contribution < -0.4 is 15.0 Å². The lowest BCUT2D eigenvalue weighted by atomic mass is 9.90. The number of fused-ring (bicyclic) bond motifs is 1. The minimum Gasteiger partial charge on any atom is -0.490 e. The summed E-state index contributed by atoms with van der Waals surface area (Å²) in [5.41, 5.74) is -4.27. The Balaban J connectivity index is 1.82. The zero-order valence-corrected chi connectivity index (χ0v) is 24.6. The maximum atomic E-state index is 13.8. The monoisotopic (exact) mass is 680 g/mol. The SMILES string of the molecule is CCOC[C@@H]1C[C@H](N(Cc2cc(C(F)(F)F)cc(C(F)(F)F)c2)c2ncc(OCCCC(=O)O)cn2)c2cc(C(F)(F)F)ccc2N1.